The van der Waals surface area contributed by atoms with Crippen LogP contribution < -0.4 is 5.32 Å². The Morgan fingerprint density at radius 3 is 2.45 bits per heavy atom. The van der Waals surface area contributed by atoms with E-state index in [4.69, 9.17) is 0 Å². The van der Waals surface area contributed by atoms with Gasteiger partial charge in [0.15, 0.2) is 0 Å². The molecular formula is C24H24N4O3S2. The average Bonchev–Trinajstić information content (AvgIpc) is 3.25. The number of thiazole rings is 1. The van der Waals surface area contributed by atoms with Gasteiger partial charge in [0.1, 0.15) is 15.4 Å². The van der Waals surface area contributed by atoms with Gasteiger partial charge in [0.2, 0.25) is 10.0 Å². The smallest absolute Gasteiger partial charge is 0.255 e. The molecule has 9 heteroatoms. The molecule has 4 rings (SSSR count). The molecule has 0 aliphatic heterocycles. The number of hydrogen-bond donors (Lipinski definition) is 1. The Hall–Kier alpha value is -3.14. The van der Waals surface area contributed by atoms with Crippen molar-refractivity contribution in [1.29, 1.82) is 0 Å². The van der Waals surface area contributed by atoms with Gasteiger partial charge in [0.05, 0.1) is 4.90 Å². The fourth-order valence-corrected chi connectivity index (χ4v) is 5.83. The van der Waals surface area contributed by atoms with Crippen LogP contribution in [-0.2, 0) is 10.0 Å². The molecule has 4 aromatic rings. The molecule has 170 valence electrons. The molecule has 33 heavy (non-hydrogen) atoms. The maximum absolute atomic E-state index is 12.9. The lowest BCUT2D eigenvalue weighted by Gasteiger charge is -2.18. The van der Waals surface area contributed by atoms with Gasteiger partial charge in [-0.3, -0.25) is 4.79 Å². The van der Waals surface area contributed by atoms with Crippen molar-refractivity contribution in [1.82, 2.24) is 14.3 Å². The van der Waals surface area contributed by atoms with Gasteiger partial charge in [-0.2, -0.15) is 4.31 Å². The summed E-state index contributed by atoms with van der Waals surface area (Å²) in [6, 6.07) is 15.6. The molecule has 0 saturated heterocycles. The lowest BCUT2D eigenvalue weighted by atomic mass is 10.1. The van der Waals surface area contributed by atoms with E-state index in [1.165, 1.54) is 39.9 Å². The maximum Gasteiger partial charge on any atom is 0.255 e. The van der Waals surface area contributed by atoms with Crippen molar-refractivity contribution in [3.63, 3.8) is 0 Å². The van der Waals surface area contributed by atoms with Crippen molar-refractivity contribution in [2.75, 3.05) is 18.4 Å². The van der Waals surface area contributed by atoms with Gasteiger partial charge in [0, 0.05) is 36.1 Å². The number of rotatable bonds is 7. The van der Waals surface area contributed by atoms with Crippen molar-refractivity contribution in [2.24, 2.45) is 0 Å². The molecule has 0 bridgehead atoms. The highest BCUT2D eigenvalue weighted by molar-refractivity contribution is 7.89. The van der Waals surface area contributed by atoms with Crippen LogP contribution in [0.2, 0.25) is 0 Å². The largest absolute Gasteiger partial charge is 0.322 e. The predicted octanol–water partition coefficient (Wildman–Crippen LogP) is 4.95. The van der Waals surface area contributed by atoms with Crippen LogP contribution in [0.3, 0.4) is 0 Å². The molecule has 2 aromatic carbocycles. The van der Waals surface area contributed by atoms with Gasteiger partial charge in [-0.25, -0.2) is 18.4 Å². The topological polar surface area (TPSA) is 92.3 Å². The molecule has 2 heterocycles. The number of benzene rings is 2. The summed E-state index contributed by atoms with van der Waals surface area (Å²) in [6.07, 6.45) is 1.74. The molecule has 0 saturated carbocycles. The Morgan fingerprint density at radius 2 is 1.79 bits per heavy atom. The minimum Gasteiger partial charge on any atom is -0.322 e. The van der Waals surface area contributed by atoms with Crippen LogP contribution in [0.5, 0.6) is 0 Å². The van der Waals surface area contributed by atoms with Gasteiger partial charge in [-0.05, 0) is 55.0 Å². The third-order valence-electron chi connectivity index (χ3n) is 5.36. The number of amides is 1. The van der Waals surface area contributed by atoms with Crippen molar-refractivity contribution < 1.29 is 13.2 Å². The number of aromatic nitrogens is 2. The van der Waals surface area contributed by atoms with Gasteiger partial charge in [-0.1, -0.05) is 37.3 Å². The van der Waals surface area contributed by atoms with Crippen LogP contribution in [-0.4, -0.2) is 41.7 Å². The summed E-state index contributed by atoms with van der Waals surface area (Å²) in [5.74, 6) is -0.312. The first-order chi connectivity index (χ1) is 15.8. The van der Waals surface area contributed by atoms with E-state index in [1.54, 1.807) is 20.0 Å². The molecule has 0 atom stereocenters. The van der Waals surface area contributed by atoms with Crippen LogP contribution in [0, 0.1) is 6.92 Å². The number of carbonyl (C=O) groups is 1. The van der Waals surface area contributed by atoms with Crippen LogP contribution >= 0.6 is 11.3 Å². The lowest BCUT2D eigenvalue weighted by Crippen LogP contribution is -2.30. The summed E-state index contributed by atoms with van der Waals surface area (Å²) < 4.78 is 26.7. The van der Waals surface area contributed by atoms with Gasteiger partial charge < -0.3 is 5.32 Å². The number of carbonyl (C=O) groups excluding carboxylic acids is 1. The molecule has 0 aliphatic carbocycles. The predicted molar refractivity (Wildman–Crippen MR) is 132 cm³/mol. The Labute approximate surface area is 197 Å². The normalized spacial score (nSPS) is 11.8. The SMILES string of the molecule is CCN(CC)S(=O)(=O)c1ccc(C(=O)Nc2cc(-c3nc4cccnc4s3)ccc2C)cc1. The number of nitrogens with one attached hydrogen (secondary N) is 1. The molecule has 0 aliphatic rings. The number of pyridine rings is 1. The monoisotopic (exact) mass is 480 g/mol. The third-order valence-corrected chi connectivity index (χ3v) is 8.45. The van der Waals surface area contributed by atoms with Crippen LogP contribution in [0.4, 0.5) is 5.69 Å². The van der Waals surface area contributed by atoms with Gasteiger partial charge in [0.25, 0.3) is 5.91 Å². The van der Waals surface area contributed by atoms with E-state index < -0.39 is 10.0 Å². The van der Waals surface area contributed by atoms with E-state index in [2.05, 4.69) is 15.3 Å². The molecule has 0 radical (unpaired) electrons. The Kier molecular flexibility index (Phi) is 6.55. The summed E-state index contributed by atoms with van der Waals surface area (Å²) in [4.78, 5) is 22.9. The van der Waals surface area contributed by atoms with Crippen molar-refractivity contribution >= 4 is 43.3 Å². The Morgan fingerprint density at radius 1 is 1.06 bits per heavy atom. The quantitative estimate of drug-likeness (QED) is 0.404. The van der Waals surface area contributed by atoms with Gasteiger partial charge in [-0.15, -0.1) is 0 Å². The molecule has 1 amide bonds. The zero-order chi connectivity index (χ0) is 23.6. The number of anilines is 1. The van der Waals surface area contributed by atoms with Crippen LogP contribution in [0.1, 0.15) is 29.8 Å². The standard InChI is InChI=1S/C24H24N4O3S2/c1-4-28(5-2)33(30,31)19-12-10-17(11-13-19)22(29)26-21-15-18(9-8-16(21)3)23-27-20-7-6-14-25-24(20)32-23/h6-15H,4-5H2,1-3H3,(H,26,29). The maximum atomic E-state index is 12.9. The molecule has 0 unspecified atom stereocenters. The van der Waals surface area contributed by atoms with Crippen molar-refractivity contribution in [3.05, 3.63) is 71.9 Å². The minimum absolute atomic E-state index is 0.172. The van der Waals surface area contributed by atoms with E-state index in [1.807, 2.05) is 37.3 Å². The summed E-state index contributed by atoms with van der Waals surface area (Å²) >= 11 is 1.49. The van der Waals surface area contributed by atoms with E-state index in [9.17, 15) is 13.2 Å². The van der Waals surface area contributed by atoms with E-state index in [-0.39, 0.29) is 10.8 Å². The first-order valence-corrected chi connectivity index (χ1v) is 12.8. The molecule has 1 N–H and O–H groups in total. The third kappa shape index (κ3) is 4.66. The summed E-state index contributed by atoms with van der Waals surface area (Å²) in [5, 5.41) is 3.76. The highest BCUT2D eigenvalue weighted by atomic mass is 32.2. The first-order valence-electron chi connectivity index (χ1n) is 10.6. The second kappa shape index (κ2) is 9.38. The van der Waals surface area contributed by atoms with Crippen molar-refractivity contribution in [2.45, 2.75) is 25.7 Å². The Bertz CT molecular complexity index is 1380. The molecule has 0 spiro atoms. The summed E-state index contributed by atoms with van der Waals surface area (Å²) in [6.45, 7) is 6.29. The second-order valence-electron chi connectivity index (χ2n) is 7.44. The zero-order valence-corrected chi connectivity index (χ0v) is 20.2. The number of hydrogen-bond acceptors (Lipinski definition) is 6. The number of fused-ring (bicyclic) bond motifs is 1. The van der Waals surface area contributed by atoms with Crippen LogP contribution in [0.25, 0.3) is 20.9 Å². The first kappa shape index (κ1) is 23.0. The fourth-order valence-electron chi connectivity index (χ4n) is 3.47. The number of nitrogens with zero attached hydrogens (tertiary/aromatic N) is 3. The minimum atomic E-state index is -3.57. The summed E-state index contributed by atoms with van der Waals surface area (Å²) in [5.41, 5.74) is 3.68. The molecular weight excluding hydrogens is 456 g/mol. The van der Waals surface area contributed by atoms with E-state index in [0.29, 0.717) is 24.3 Å². The molecule has 7 nitrogen and oxygen atoms in total. The van der Waals surface area contributed by atoms with Gasteiger partial charge >= 0.3 is 0 Å². The second-order valence-corrected chi connectivity index (χ2v) is 10.4. The highest BCUT2D eigenvalue weighted by Crippen LogP contribution is 2.31. The number of sulfonamides is 1. The fraction of sp³-hybridized carbons (Fsp3) is 0.208. The molecule has 0 fully saturated rings. The Balaban J connectivity index is 1.56. The van der Waals surface area contributed by atoms with E-state index in [0.717, 1.165) is 26.5 Å². The average molecular weight is 481 g/mol. The van der Waals surface area contributed by atoms with Crippen molar-refractivity contribution in [3.8, 4) is 10.6 Å². The molecule has 2 aromatic heterocycles. The number of aryl methyl sites for hydroxylation is 1. The van der Waals surface area contributed by atoms with E-state index >= 15 is 0 Å². The van der Waals surface area contributed by atoms with Crippen LogP contribution in [0.15, 0.2) is 65.7 Å². The zero-order valence-electron chi connectivity index (χ0n) is 18.6. The highest BCUT2D eigenvalue weighted by Gasteiger charge is 2.22. The lowest BCUT2D eigenvalue weighted by molar-refractivity contribution is 0.102. The summed E-state index contributed by atoms with van der Waals surface area (Å²) in [7, 11) is -3.57.